The summed E-state index contributed by atoms with van der Waals surface area (Å²) in [4.78, 5) is 0. The van der Waals surface area contributed by atoms with Gasteiger partial charge in [-0.15, -0.1) is 11.8 Å². The summed E-state index contributed by atoms with van der Waals surface area (Å²) in [5.74, 6) is 0. The van der Waals surface area contributed by atoms with Gasteiger partial charge in [0.05, 0.1) is 5.69 Å². The van der Waals surface area contributed by atoms with Crippen molar-refractivity contribution in [2.75, 3.05) is 6.26 Å². The van der Waals surface area contributed by atoms with E-state index in [-0.39, 0.29) is 0 Å². The average molecular weight is 250 g/mol. The van der Waals surface area contributed by atoms with Gasteiger partial charge in [-0.2, -0.15) is 10.4 Å². The Hall–Kier alpha value is -1.44. The highest BCUT2D eigenvalue weighted by Gasteiger charge is 2.13. The van der Waals surface area contributed by atoms with Crippen molar-refractivity contribution in [1.29, 1.82) is 5.26 Å². The summed E-state index contributed by atoms with van der Waals surface area (Å²) in [5.41, 5.74) is 2.23. The number of aromatic amines is 1. The molecule has 1 N–H and O–H groups in total. The molecule has 16 heavy (non-hydrogen) atoms. The van der Waals surface area contributed by atoms with Gasteiger partial charge >= 0.3 is 0 Å². The van der Waals surface area contributed by atoms with Crippen LogP contribution in [0.5, 0.6) is 0 Å². The van der Waals surface area contributed by atoms with Gasteiger partial charge in [-0.05, 0) is 18.4 Å². The molecule has 0 fully saturated rings. The van der Waals surface area contributed by atoms with E-state index in [0.717, 1.165) is 11.3 Å². The summed E-state index contributed by atoms with van der Waals surface area (Å²) in [6, 6.07) is 9.46. The zero-order chi connectivity index (χ0) is 11.5. The van der Waals surface area contributed by atoms with Crippen molar-refractivity contribution in [3.8, 4) is 17.3 Å². The first-order valence-corrected chi connectivity index (χ1v) is 6.15. The first-order valence-electron chi connectivity index (χ1n) is 4.54. The topological polar surface area (TPSA) is 52.5 Å². The second-order valence-electron chi connectivity index (χ2n) is 3.10. The lowest BCUT2D eigenvalue weighted by atomic mass is 10.1. The number of nitrogens with one attached hydrogen (secondary N) is 1. The van der Waals surface area contributed by atoms with Crippen LogP contribution in [-0.2, 0) is 0 Å². The molecule has 0 saturated heterocycles. The Kier molecular flexibility index (Phi) is 3.18. The second-order valence-corrected chi connectivity index (χ2v) is 4.33. The first kappa shape index (κ1) is 11.1. The van der Waals surface area contributed by atoms with Crippen LogP contribution in [0.4, 0.5) is 0 Å². The number of hydrogen-bond acceptors (Lipinski definition) is 3. The predicted molar refractivity (Wildman–Crippen MR) is 65.5 cm³/mol. The standard InChI is InChI=1S/C11H8ClN3S/c1-16-11-9(6-13)10(14-15-11)7-2-4-8(12)5-3-7/h2-5H,1H3,(H,14,15). The Balaban J connectivity index is 2.52. The zero-order valence-electron chi connectivity index (χ0n) is 8.49. The van der Waals surface area contributed by atoms with Crippen molar-refractivity contribution in [3.05, 3.63) is 34.9 Å². The highest BCUT2D eigenvalue weighted by Crippen LogP contribution is 2.28. The van der Waals surface area contributed by atoms with E-state index in [9.17, 15) is 0 Å². The molecule has 5 heteroatoms. The highest BCUT2D eigenvalue weighted by atomic mass is 35.5. The molecule has 0 spiro atoms. The third-order valence-corrected chi connectivity index (χ3v) is 3.11. The molecule has 1 aromatic heterocycles. The maximum atomic E-state index is 9.09. The van der Waals surface area contributed by atoms with Gasteiger partial charge in [-0.1, -0.05) is 23.7 Å². The lowest BCUT2D eigenvalue weighted by Gasteiger charge is -1.98. The van der Waals surface area contributed by atoms with Gasteiger partial charge in [0.2, 0.25) is 0 Å². The summed E-state index contributed by atoms with van der Waals surface area (Å²) >= 11 is 7.26. The van der Waals surface area contributed by atoms with Crippen LogP contribution in [0, 0.1) is 11.3 Å². The number of thioether (sulfide) groups is 1. The van der Waals surface area contributed by atoms with Crippen LogP contribution in [0.3, 0.4) is 0 Å². The second kappa shape index (κ2) is 4.60. The Labute approximate surface area is 102 Å². The summed E-state index contributed by atoms with van der Waals surface area (Å²) in [7, 11) is 0. The molecule has 2 aromatic rings. The van der Waals surface area contributed by atoms with E-state index in [1.54, 1.807) is 12.1 Å². The smallest absolute Gasteiger partial charge is 0.136 e. The molecule has 0 aliphatic heterocycles. The van der Waals surface area contributed by atoms with Crippen molar-refractivity contribution >= 4 is 23.4 Å². The van der Waals surface area contributed by atoms with Gasteiger partial charge in [0, 0.05) is 10.6 Å². The fourth-order valence-electron chi connectivity index (χ4n) is 1.40. The molecule has 3 nitrogen and oxygen atoms in total. The number of nitrogens with zero attached hydrogens (tertiary/aromatic N) is 2. The van der Waals surface area contributed by atoms with Gasteiger partial charge < -0.3 is 0 Å². The van der Waals surface area contributed by atoms with Crippen LogP contribution in [0.25, 0.3) is 11.3 Å². The molecule has 1 aromatic carbocycles. The summed E-state index contributed by atoms with van der Waals surface area (Å²) in [6.45, 7) is 0. The molecule has 80 valence electrons. The maximum Gasteiger partial charge on any atom is 0.136 e. The largest absolute Gasteiger partial charge is 0.275 e. The average Bonchev–Trinajstić information content (AvgIpc) is 2.72. The fraction of sp³-hybridized carbons (Fsp3) is 0.0909. The molecule has 0 aliphatic rings. The van der Waals surface area contributed by atoms with E-state index in [1.165, 1.54) is 11.8 Å². The fourth-order valence-corrected chi connectivity index (χ4v) is 2.02. The van der Waals surface area contributed by atoms with Crippen LogP contribution in [-0.4, -0.2) is 16.5 Å². The van der Waals surface area contributed by atoms with Crippen LogP contribution in [0.15, 0.2) is 29.3 Å². The molecule has 0 atom stereocenters. The minimum Gasteiger partial charge on any atom is -0.275 e. The normalized spacial score (nSPS) is 10.1. The molecule has 0 unspecified atom stereocenters. The molecule has 0 bridgehead atoms. The highest BCUT2D eigenvalue weighted by molar-refractivity contribution is 7.98. The van der Waals surface area contributed by atoms with Gasteiger partial charge in [0.1, 0.15) is 16.7 Å². The van der Waals surface area contributed by atoms with Crippen molar-refractivity contribution < 1.29 is 0 Å². The van der Waals surface area contributed by atoms with Crippen LogP contribution in [0.1, 0.15) is 5.56 Å². The lowest BCUT2D eigenvalue weighted by Crippen LogP contribution is -1.81. The number of H-pyrrole nitrogens is 1. The molecule has 0 amide bonds. The van der Waals surface area contributed by atoms with Gasteiger partial charge in [0.15, 0.2) is 0 Å². The number of aromatic nitrogens is 2. The van der Waals surface area contributed by atoms with E-state index in [4.69, 9.17) is 16.9 Å². The number of halogens is 1. The van der Waals surface area contributed by atoms with Crippen LogP contribution >= 0.6 is 23.4 Å². The molecule has 0 saturated carbocycles. The Morgan fingerprint density at radius 1 is 1.38 bits per heavy atom. The minimum absolute atomic E-state index is 0.579. The van der Waals surface area contributed by atoms with Gasteiger partial charge in [0.25, 0.3) is 0 Å². The molecule has 0 radical (unpaired) electrons. The SMILES string of the molecule is CSc1n[nH]c(-c2ccc(Cl)cc2)c1C#N. The number of hydrogen-bond donors (Lipinski definition) is 1. The summed E-state index contributed by atoms with van der Waals surface area (Å²) in [6.07, 6.45) is 1.89. The summed E-state index contributed by atoms with van der Waals surface area (Å²) in [5, 5.41) is 17.4. The van der Waals surface area contributed by atoms with E-state index in [1.807, 2.05) is 18.4 Å². The van der Waals surface area contributed by atoms with Crippen LogP contribution < -0.4 is 0 Å². The van der Waals surface area contributed by atoms with E-state index < -0.39 is 0 Å². The van der Waals surface area contributed by atoms with Gasteiger partial charge in [-0.25, -0.2) is 0 Å². The Morgan fingerprint density at radius 2 is 2.06 bits per heavy atom. The predicted octanol–water partition coefficient (Wildman–Crippen LogP) is 3.32. The minimum atomic E-state index is 0.579. The molecule has 2 rings (SSSR count). The number of rotatable bonds is 2. The monoisotopic (exact) mass is 249 g/mol. The summed E-state index contributed by atoms with van der Waals surface area (Å²) < 4.78 is 0. The molecule has 0 aliphatic carbocycles. The maximum absolute atomic E-state index is 9.09. The van der Waals surface area contributed by atoms with Crippen molar-refractivity contribution in [2.24, 2.45) is 0 Å². The third-order valence-electron chi connectivity index (χ3n) is 2.17. The van der Waals surface area contributed by atoms with E-state index >= 15 is 0 Å². The molecular formula is C11H8ClN3S. The third kappa shape index (κ3) is 1.92. The van der Waals surface area contributed by atoms with E-state index in [0.29, 0.717) is 15.6 Å². The first-order chi connectivity index (χ1) is 7.76. The van der Waals surface area contributed by atoms with Crippen molar-refractivity contribution in [1.82, 2.24) is 10.2 Å². The molecular weight excluding hydrogens is 242 g/mol. The number of nitriles is 1. The van der Waals surface area contributed by atoms with Crippen molar-refractivity contribution in [2.45, 2.75) is 5.03 Å². The number of benzene rings is 1. The quantitative estimate of drug-likeness (QED) is 0.831. The Bertz CT molecular complexity index is 539. The zero-order valence-corrected chi connectivity index (χ0v) is 10.1. The lowest BCUT2D eigenvalue weighted by molar-refractivity contribution is 1.01. The van der Waals surface area contributed by atoms with Crippen LogP contribution in [0.2, 0.25) is 5.02 Å². The van der Waals surface area contributed by atoms with Crippen molar-refractivity contribution in [3.63, 3.8) is 0 Å². The Morgan fingerprint density at radius 3 is 2.62 bits per heavy atom. The van der Waals surface area contributed by atoms with Gasteiger partial charge in [-0.3, -0.25) is 5.10 Å². The van der Waals surface area contributed by atoms with E-state index in [2.05, 4.69) is 16.3 Å². The molecule has 1 heterocycles.